The highest BCUT2D eigenvalue weighted by molar-refractivity contribution is 6.04. The van der Waals surface area contributed by atoms with Gasteiger partial charge in [0.2, 0.25) is 0 Å². The molecule has 108 valence electrons. The molecule has 1 aliphatic carbocycles. The molecule has 4 atom stereocenters. The smallest absolute Gasteiger partial charge is 0.334 e. The van der Waals surface area contributed by atoms with Gasteiger partial charge < -0.3 is 14.9 Å². The summed E-state index contributed by atoms with van der Waals surface area (Å²) in [5.41, 5.74) is 0.806. The molecule has 5 heteroatoms. The first-order chi connectivity index (χ1) is 9.32. The zero-order valence-electron chi connectivity index (χ0n) is 11.2. The van der Waals surface area contributed by atoms with Gasteiger partial charge in [0.1, 0.15) is 0 Å². The topological polar surface area (TPSA) is 83.8 Å². The predicted molar refractivity (Wildman–Crippen MR) is 71.7 cm³/mol. The van der Waals surface area contributed by atoms with Crippen molar-refractivity contribution in [1.29, 1.82) is 0 Å². The van der Waals surface area contributed by atoms with Crippen molar-refractivity contribution in [1.82, 2.24) is 0 Å². The van der Waals surface area contributed by atoms with E-state index in [0.717, 1.165) is 0 Å². The van der Waals surface area contributed by atoms with Crippen LogP contribution >= 0.6 is 0 Å². The molecule has 0 bridgehead atoms. The second kappa shape index (κ2) is 5.34. The van der Waals surface area contributed by atoms with Crippen LogP contribution in [0.25, 0.3) is 0 Å². The quantitative estimate of drug-likeness (QED) is 0.386. The number of Topliss-reactive ketones (excluding diaryl/α,β-unsaturated/α-hetero) is 1. The third kappa shape index (κ3) is 2.46. The Hall–Kier alpha value is -1.72. The average Bonchev–Trinajstić information content (AvgIpc) is 2.69. The van der Waals surface area contributed by atoms with Gasteiger partial charge in [0.25, 0.3) is 0 Å². The van der Waals surface area contributed by atoms with E-state index in [4.69, 9.17) is 4.74 Å². The lowest BCUT2D eigenvalue weighted by atomic mass is 9.81. The van der Waals surface area contributed by atoms with E-state index < -0.39 is 36.0 Å². The van der Waals surface area contributed by atoms with Crippen LogP contribution in [0, 0.1) is 5.92 Å². The number of esters is 1. The second-order valence-electron chi connectivity index (χ2n) is 5.33. The molecule has 1 aliphatic heterocycles. The van der Waals surface area contributed by atoms with Crippen LogP contribution in [0.2, 0.25) is 0 Å². The Morgan fingerprint density at radius 3 is 2.45 bits per heavy atom. The van der Waals surface area contributed by atoms with Crippen LogP contribution in [-0.2, 0) is 14.3 Å². The lowest BCUT2D eigenvalue weighted by Gasteiger charge is -2.26. The molecule has 0 aromatic heterocycles. The summed E-state index contributed by atoms with van der Waals surface area (Å²) in [6.45, 7) is 11.0. The summed E-state index contributed by atoms with van der Waals surface area (Å²) in [7, 11) is 0. The van der Waals surface area contributed by atoms with Gasteiger partial charge in [-0.25, -0.2) is 4.79 Å². The Kier molecular flexibility index (Phi) is 3.92. The van der Waals surface area contributed by atoms with E-state index in [1.807, 2.05) is 0 Å². The third-order valence-corrected chi connectivity index (χ3v) is 3.91. The van der Waals surface area contributed by atoms with Crippen LogP contribution in [0.3, 0.4) is 0 Å². The van der Waals surface area contributed by atoms with Gasteiger partial charge in [-0.2, -0.15) is 0 Å². The molecule has 0 radical (unpaired) electrons. The summed E-state index contributed by atoms with van der Waals surface area (Å²) < 4.78 is 5.02. The number of rotatable bonds is 0. The Morgan fingerprint density at radius 1 is 1.15 bits per heavy atom. The van der Waals surface area contributed by atoms with Crippen molar-refractivity contribution in [2.45, 2.75) is 37.6 Å². The third-order valence-electron chi connectivity index (χ3n) is 3.91. The number of ether oxygens (including phenoxy) is 1. The molecular weight excluding hydrogens is 260 g/mol. The normalized spacial score (nSPS) is 35.8. The van der Waals surface area contributed by atoms with Crippen LogP contribution in [0.4, 0.5) is 0 Å². The first-order valence-corrected chi connectivity index (χ1v) is 6.48. The summed E-state index contributed by atoms with van der Waals surface area (Å²) in [6.07, 6.45) is -2.23. The molecule has 1 saturated carbocycles. The van der Waals surface area contributed by atoms with Crippen LogP contribution in [0.15, 0.2) is 36.5 Å². The van der Waals surface area contributed by atoms with E-state index in [0.29, 0.717) is 18.4 Å². The number of ketones is 1. The summed E-state index contributed by atoms with van der Waals surface area (Å²) in [5.74, 6) is -1.90. The Bertz CT molecular complexity index is 504. The molecule has 2 aliphatic rings. The zero-order chi connectivity index (χ0) is 15.0. The van der Waals surface area contributed by atoms with Crippen LogP contribution in [0.1, 0.15) is 19.3 Å². The summed E-state index contributed by atoms with van der Waals surface area (Å²) in [6, 6.07) is 0. The molecular formula is C15H18O5. The van der Waals surface area contributed by atoms with Crippen molar-refractivity contribution in [3.05, 3.63) is 36.5 Å². The maximum absolute atomic E-state index is 12.2. The molecule has 0 spiro atoms. The Labute approximate surface area is 117 Å². The van der Waals surface area contributed by atoms with E-state index in [1.54, 1.807) is 0 Å². The molecule has 0 unspecified atom stereocenters. The SMILES string of the molecule is C=C1CC[C@H](O)C(=C)C[C@H](O)[C@H]2C(=C)C(=O)O[C@@H]2C1=O. The fourth-order valence-electron chi connectivity index (χ4n) is 2.60. The standard InChI is InChI=1S/C15H18O5/c1-7-4-5-10(16)8(2)6-11(17)12-9(3)15(19)20-14(12)13(7)18/h10-12,14,16-17H,1-6H2/t10-,11-,12+,14-/m0/s1. The van der Waals surface area contributed by atoms with E-state index in [9.17, 15) is 19.8 Å². The van der Waals surface area contributed by atoms with E-state index in [1.165, 1.54) is 0 Å². The van der Waals surface area contributed by atoms with Crippen molar-refractivity contribution in [2.24, 2.45) is 5.92 Å². The largest absolute Gasteiger partial charge is 0.450 e. The molecule has 2 N–H and O–H groups in total. The maximum Gasteiger partial charge on any atom is 0.334 e. The Morgan fingerprint density at radius 2 is 1.80 bits per heavy atom. The zero-order valence-corrected chi connectivity index (χ0v) is 11.2. The van der Waals surface area contributed by atoms with Gasteiger partial charge >= 0.3 is 5.97 Å². The van der Waals surface area contributed by atoms with E-state index >= 15 is 0 Å². The minimum absolute atomic E-state index is 0.0755. The molecule has 1 heterocycles. The summed E-state index contributed by atoms with van der Waals surface area (Å²) >= 11 is 0. The molecule has 2 rings (SSSR count). The van der Waals surface area contributed by atoms with Gasteiger partial charge in [-0.15, -0.1) is 0 Å². The van der Waals surface area contributed by atoms with Gasteiger partial charge in [0, 0.05) is 5.57 Å². The maximum atomic E-state index is 12.2. The van der Waals surface area contributed by atoms with Crippen LogP contribution in [-0.4, -0.2) is 40.3 Å². The minimum Gasteiger partial charge on any atom is -0.450 e. The van der Waals surface area contributed by atoms with Crippen LogP contribution in [0.5, 0.6) is 0 Å². The molecule has 0 aromatic rings. The number of hydrogen-bond acceptors (Lipinski definition) is 5. The van der Waals surface area contributed by atoms with E-state index in [2.05, 4.69) is 19.7 Å². The number of fused-ring (bicyclic) bond motifs is 1. The first-order valence-electron chi connectivity index (χ1n) is 6.48. The van der Waals surface area contributed by atoms with Crippen molar-refractivity contribution in [2.75, 3.05) is 0 Å². The highest BCUT2D eigenvalue weighted by Crippen LogP contribution is 2.35. The second-order valence-corrected chi connectivity index (χ2v) is 5.33. The summed E-state index contributed by atoms with van der Waals surface area (Å²) in [5, 5.41) is 20.1. The van der Waals surface area contributed by atoms with Gasteiger partial charge in [-0.1, -0.05) is 19.7 Å². The predicted octanol–water partition coefficient (Wildman–Crippen LogP) is 0.671. The molecule has 1 saturated heterocycles. The minimum atomic E-state index is -1.07. The Balaban J connectivity index is 2.36. The van der Waals surface area contributed by atoms with Gasteiger partial charge in [0.15, 0.2) is 11.9 Å². The average molecular weight is 278 g/mol. The molecule has 20 heavy (non-hydrogen) atoms. The number of carbonyl (C=O) groups excluding carboxylic acids is 2. The van der Waals surface area contributed by atoms with Crippen LogP contribution < -0.4 is 0 Å². The van der Waals surface area contributed by atoms with Gasteiger partial charge in [-0.3, -0.25) is 4.79 Å². The van der Waals surface area contributed by atoms with Gasteiger partial charge in [0.05, 0.1) is 18.1 Å². The fraction of sp³-hybridized carbons (Fsp3) is 0.467. The summed E-state index contributed by atoms with van der Waals surface area (Å²) in [4.78, 5) is 23.8. The van der Waals surface area contributed by atoms with Crippen molar-refractivity contribution in [3.63, 3.8) is 0 Å². The highest BCUT2D eigenvalue weighted by Gasteiger charge is 2.47. The van der Waals surface area contributed by atoms with Crippen molar-refractivity contribution >= 4 is 11.8 Å². The number of carbonyl (C=O) groups is 2. The number of hydrogen-bond donors (Lipinski definition) is 2. The molecule has 2 fully saturated rings. The van der Waals surface area contributed by atoms with Gasteiger partial charge in [-0.05, 0) is 30.4 Å². The lowest BCUT2D eigenvalue weighted by molar-refractivity contribution is -0.146. The molecule has 0 aromatic carbocycles. The lowest BCUT2D eigenvalue weighted by Crippen LogP contribution is -2.37. The number of aliphatic hydroxyl groups excluding tert-OH is 2. The highest BCUT2D eigenvalue weighted by atomic mass is 16.6. The molecule has 5 nitrogen and oxygen atoms in total. The number of aliphatic hydroxyl groups is 2. The van der Waals surface area contributed by atoms with Crippen molar-refractivity contribution in [3.8, 4) is 0 Å². The fourth-order valence-corrected chi connectivity index (χ4v) is 2.60. The molecule has 0 amide bonds. The van der Waals surface area contributed by atoms with E-state index in [-0.39, 0.29) is 17.6 Å². The monoisotopic (exact) mass is 278 g/mol. The first kappa shape index (κ1) is 14.7. The van der Waals surface area contributed by atoms with Crippen molar-refractivity contribution < 1.29 is 24.5 Å².